The molecule has 0 aromatic carbocycles. The minimum Gasteiger partial charge on any atom is -0.308 e. The molecule has 1 rings (SSSR count). The SMILES string of the molecule is Cc1cc(C(C)NCC(C)(C)N(C)C)c(C)s1. The summed E-state index contributed by atoms with van der Waals surface area (Å²) in [6.07, 6.45) is 0. The monoisotopic (exact) mass is 254 g/mol. The fraction of sp³-hybridized carbons (Fsp3) is 0.714. The van der Waals surface area contributed by atoms with E-state index in [2.05, 4.69) is 65.0 Å². The third kappa shape index (κ3) is 3.80. The summed E-state index contributed by atoms with van der Waals surface area (Å²) in [5, 5.41) is 3.64. The molecule has 17 heavy (non-hydrogen) atoms. The second kappa shape index (κ2) is 5.51. The topological polar surface area (TPSA) is 15.3 Å². The fourth-order valence-corrected chi connectivity index (χ4v) is 2.77. The quantitative estimate of drug-likeness (QED) is 0.867. The summed E-state index contributed by atoms with van der Waals surface area (Å²) in [6, 6.07) is 2.74. The minimum atomic E-state index is 0.188. The van der Waals surface area contributed by atoms with Gasteiger partial charge in [-0.3, -0.25) is 0 Å². The van der Waals surface area contributed by atoms with Gasteiger partial charge in [0.05, 0.1) is 0 Å². The maximum absolute atomic E-state index is 3.64. The van der Waals surface area contributed by atoms with Crippen LogP contribution in [-0.2, 0) is 0 Å². The van der Waals surface area contributed by atoms with Crippen LogP contribution in [0.25, 0.3) is 0 Å². The van der Waals surface area contributed by atoms with Crippen LogP contribution >= 0.6 is 11.3 Å². The first kappa shape index (κ1) is 14.7. The fourth-order valence-electron chi connectivity index (χ4n) is 1.75. The van der Waals surface area contributed by atoms with Gasteiger partial charge in [-0.15, -0.1) is 11.3 Å². The van der Waals surface area contributed by atoms with Gasteiger partial charge in [-0.05, 0) is 60.3 Å². The zero-order valence-electron chi connectivity index (χ0n) is 12.2. The molecule has 0 saturated heterocycles. The molecule has 1 atom stereocenters. The van der Waals surface area contributed by atoms with E-state index in [0.717, 1.165) is 6.54 Å². The Hall–Kier alpha value is -0.380. The van der Waals surface area contributed by atoms with Crippen molar-refractivity contribution in [3.63, 3.8) is 0 Å². The Morgan fingerprint density at radius 3 is 2.35 bits per heavy atom. The van der Waals surface area contributed by atoms with Crippen molar-refractivity contribution in [2.75, 3.05) is 20.6 Å². The Morgan fingerprint density at radius 2 is 1.94 bits per heavy atom. The predicted molar refractivity (Wildman–Crippen MR) is 78.0 cm³/mol. The molecule has 0 saturated carbocycles. The number of aryl methyl sites for hydroxylation is 2. The molecule has 0 fully saturated rings. The third-order valence-corrected chi connectivity index (χ3v) is 4.58. The Bertz CT molecular complexity index is 366. The number of nitrogens with one attached hydrogen (secondary N) is 1. The molecule has 1 heterocycles. The number of thiophene rings is 1. The summed E-state index contributed by atoms with van der Waals surface area (Å²) in [5.74, 6) is 0. The average molecular weight is 254 g/mol. The van der Waals surface area contributed by atoms with Gasteiger partial charge in [0, 0.05) is 27.9 Å². The van der Waals surface area contributed by atoms with E-state index in [1.165, 1.54) is 15.3 Å². The molecule has 0 radical (unpaired) electrons. The van der Waals surface area contributed by atoms with Crippen LogP contribution in [0.5, 0.6) is 0 Å². The highest BCUT2D eigenvalue weighted by Crippen LogP contribution is 2.26. The first-order valence-electron chi connectivity index (χ1n) is 6.22. The van der Waals surface area contributed by atoms with E-state index in [9.17, 15) is 0 Å². The molecule has 0 amide bonds. The van der Waals surface area contributed by atoms with Crippen molar-refractivity contribution >= 4 is 11.3 Å². The summed E-state index contributed by atoms with van der Waals surface area (Å²) < 4.78 is 0. The van der Waals surface area contributed by atoms with E-state index in [1.807, 2.05) is 11.3 Å². The van der Waals surface area contributed by atoms with Crippen LogP contribution in [0.2, 0.25) is 0 Å². The summed E-state index contributed by atoms with van der Waals surface area (Å²) >= 11 is 1.89. The lowest BCUT2D eigenvalue weighted by Gasteiger charge is -2.34. The molecule has 1 aromatic rings. The van der Waals surface area contributed by atoms with Crippen molar-refractivity contribution in [2.45, 2.75) is 46.2 Å². The molecule has 1 unspecified atom stereocenters. The van der Waals surface area contributed by atoms with E-state index < -0.39 is 0 Å². The van der Waals surface area contributed by atoms with Crippen LogP contribution in [0.15, 0.2) is 6.07 Å². The summed E-state index contributed by atoms with van der Waals surface area (Å²) in [7, 11) is 4.26. The number of nitrogens with zero attached hydrogens (tertiary/aromatic N) is 1. The van der Waals surface area contributed by atoms with Crippen molar-refractivity contribution in [3.05, 3.63) is 21.4 Å². The van der Waals surface area contributed by atoms with Crippen molar-refractivity contribution in [1.82, 2.24) is 10.2 Å². The standard InChI is InChI=1S/C14H26N2S/c1-10-8-13(12(3)17-10)11(2)15-9-14(4,5)16(6)7/h8,11,15H,9H2,1-7H3. The molecule has 0 bridgehead atoms. The summed E-state index contributed by atoms with van der Waals surface area (Å²) in [6.45, 7) is 12.2. The van der Waals surface area contributed by atoms with Crippen LogP contribution in [0.4, 0.5) is 0 Å². The molecule has 0 aliphatic rings. The van der Waals surface area contributed by atoms with Crippen LogP contribution in [0.3, 0.4) is 0 Å². The lowest BCUT2D eigenvalue weighted by molar-refractivity contribution is 0.185. The Kier molecular flexibility index (Phi) is 4.76. The molecule has 1 aromatic heterocycles. The lowest BCUT2D eigenvalue weighted by Crippen LogP contribution is -2.47. The number of hydrogen-bond donors (Lipinski definition) is 1. The maximum atomic E-state index is 3.64. The molecule has 1 N–H and O–H groups in total. The highest BCUT2D eigenvalue weighted by atomic mass is 32.1. The van der Waals surface area contributed by atoms with Crippen molar-refractivity contribution < 1.29 is 0 Å². The number of hydrogen-bond acceptors (Lipinski definition) is 3. The maximum Gasteiger partial charge on any atom is 0.0303 e. The largest absolute Gasteiger partial charge is 0.308 e. The highest BCUT2D eigenvalue weighted by molar-refractivity contribution is 7.12. The zero-order valence-corrected chi connectivity index (χ0v) is 13.0. The van der Waals surface area contributed by atoms with Gasteiger partial charge < -0.3 is 10.2 Å². The summed E-state index contributed by atoms with van der Waals surface area (Å²) in [4.78, 5) is 5.10. The Labute approximate surface area is 110 Å². The van der Waals surface area contributed by atoms with Crippen LogP contribution < -0.4 is 5.32 Å². The Balaban J connectivity index is 2.62. The molecule has 0 aliphatic carbocycles. The van der Waals surface area contributed by atoms with Gasteiger partial charge in [0.15, 0.2) is 0 Å². The lowest BCUT2D eigenvalue weighted by atomic mass is 10.0. The van der Waals surface area contributed by atoms with E-state index in [1.54, 1.807) is 0 Å². The molecular formula is C14H26N2S. The first-order valence-corrected chi connectivity index (χ1v) is 7.03. The molecule has 2 nitrogen and oxygen atoms in total. The van der Waals surface area contributed by atoms with Gasteiger partial charge in [0.25, 0.3) is 0 Å². The smallest absolute Gasteiger partial charge is 0.0303 e. The van der Waals surface area contributed by atoms with E-state index in [4.69, 9.17) is 0 Å². The third-order valence-electron chi connectivity index (χ3n) is 3.60. The second-order valence-electron chi connectivity index (χ2n) is 5.68. The number of rotatable bonds is 5. The van der Waals surface area contributed by atoms with Gasteiger partial charge in [0.1, 0.15) is 0 Å². The second-order valence-corrected chi connectivity index (χ2v) is 7.14. The number of likely N-dealkylation sites (N-methyl/N-ethyl adjacent to an activating group) is 1. The van der Waals surface area contributed by atoms with Gasteiger partial charge >= 0.3 is 0 Å². The predicted octanol–water partition coefficient (Wildman–Crippen LogP) is 3.36. The van der Waals surface area contributed by atoms with Gasteiger partial charge in [-0.25, -0.2) is 0 Å². The summed E-state index contributed by atoms with van der Waals surface area (Å²) in [5.41, 5.74) is 1.63. The van der Waals surface area contributed by atoms with Gasteiger partial charge in [-0.1, -0.05) is 0 Å². The van der Waals surface area contributed by atoms with Crippen molar-refractivity contribution in [2.24, 2.45) is 0 Å². The molecule has 0 spiro atoms. The van der Waals surface area contributed by atoms with Crippen LogP contribution in [0.1, 0.15) is 42.1 Å². The Morgan fingerprint density at radius 1 is 1.35 bits per heavy atom. The van der Waals surface area contributed by atoms with Crippen LogP contribution in [-0.4, -0.2) is 31.1 Å². The first-order chi connectivity index (χ1) is 7.74. The van der Waals surface area contributed by atoms with E-state index in [0.29, 0.717) is 6.04 Å². The zero-order chi connectivity index (χ0) is 13.2. The highest BCUT2D eigenvalue weighted by Gasteiger charge is 2.21. The average Bonchev–Trinajstić information content (AvgIpc) is 2.54. The van der Waals surface area contributed by atoms with Gasteiger partial charge in [0.2, 0.25) is 0 Å². The minimum absolute atomic E-state index is 0.188. The van der Waals surface area contributed by atoms with Crippen LogP contribution in [0, 0.1) is 13.8 Å². The molecule has 98 valence electrons. The van der Waals surface area contributed by atoms with Crippen molar-refractivity contribution in [1.29, 1.82) is 0 Å². The van der Waals surface area contributed by atoms with Gasteiger partial charge in [-0.2, -0.15) is 0 Å². The molecule has 0 aliphatic heterocycles. The molecular weight excluding hydrogens is 228 g/mol. The normalized spacial score (nSPS) is 14.4. The molecule has 3 heteroatoms. The van der Waals surface area contributed by atoms with Crippen molar-refractivity contribution in [3.8, 4) is 0 Å². The van der Waals surface area contributed by atoms with E-state index in [-0.39, 0.29) is 5.54 Å². The van der Waals surface area contributed by atoms with E-state index >= 15 is 0 Å².